The minimum Gasteiger partial charge on any atom is -0.374 e. The van der Waals surface area contributed by atoms with Crippen LogP contribution in [-0.4, -0.2) is 34.4 Å². The molecule has 0 rings (SSSR count). The van der Waals surface area contributed by atoms with Gasteiger partial charge >= 0.3 is 8.80 Å². The fourth-order valence-corrected chi connectivity index (χ4v) is 7.02. The lowest BCUT2D eigenvalue weighted by Gasteiger charge is -2.28. The Balaban J connectivity index is 3.41. The Morgan fingerprint density at radius 3 is 0.967 bits per heavy atom. The fraction of sp³-hybridized carbons (Fsp3) is 1.00. The van der Waals surface area contributed by atoms with Crippen molar-refractivity contribution in [2.75, 3.05) is 25.6 Å². The highest BCUT2D eigenvalue weighted by molar-refractivity contribution is 7.80. The van der Waals surface area contributed by atoms with Crippen molar-refractivity contribution in [2.24, 2.45) is 0 Å². The van der Waals surface area contributed by atoms with E-state index in [4.69, 9.17) is 13.3 Å². The summed E-state index contributed by atoms with van der Waals surface area (Å²) in [6.45, 7) is 8.16. The lowest BCUT2D eigenvalue weighted by Crippen LogP contribution is -2.45. The average molecular weight is 463 g/mol. The van der Waals surface area contributed by atoms with E-state index in [0.717, 1.165) is 11.8 Å². The summed E-state index contributed by atoms with van der Waals surface area (Å²) in [6, 6.07) is 0.970. The first-order valence-corrected chi connectivity index (χ1v) is 15.8. The van der Waals surface area contributed by atoms with Crippen molar-refractivity contribution in [1.29, 1.82) is 0 Å². The third kappa shape index (κ3) is 19.2. The van der Waals surface area contributed by atoms with Crippen molar-refractivity contribution in [3.63, 3.8) is 0 Å². The smallest absolute Gasteiger partial charge is 0.374 e. The second kappa shape index (κ2) is 24.1. The van der Waals surface area contributed by atoms with Gasteiger partial charge in [-0.15, -0.1) is 0 Å². The summed E-state index contributed by atoms with van der Waals surface area (Å²) < 4.78 is 17.8. The molecule has 0 amide bonds. The number of thiol groups is 1. The van der Waals surface area contributed by atoms with Gasteiger partial charge in [0.25, 0.3) is 0 Å². The number of rotatable bonds is 25. The first kappa shape index (κ1) is 30.4. The Bertz CT molecular complexity index is 314. The van der Waals surface area contributed by atoms with Crippen LogP contribution in [0.1, 0.15) is 130 Å². The Morgan fingerprint density at radius 1 is 0.433 bits per heavy atom. The molecule has 0 spiro atoms. The molecule has 0 saturated heterocycles. The molecular formula is C25H54O3SSi. The van der Waals surface area contributed by atoms with Gasteiger partial charge in [0.1, 0.15) is 0 Å². The van der Waals surface area contributed by atoms with Crippen molar-refractivity contribution in [3.8, 4) is 0 Å². The van der Waals surface area contributed by atoms with E-state index in [9.17, 15) is 0 Å². The van der Waals surface area contributed by atoms with Crippen LogP contribution < -0.4 is 0 Å². The Morgan fingerprint density at radius 2 is 0.700 bits per heavy atom. The summed E-state index contributed by atoms with van der Waals surface area (Å²) in [7, 11) is -2.41. The van der Waals surface area contributed by atoms with Crippen molar-refractivity contribution in [3.05, 3.63) is 0 Å². The zero-order valence-corrected chi connectivity index (χ0v) is 22.6. The monoisotopic (exact) mass is 462 g/mol. The van der Waals surface area contributed by atoms with Crippen LogP contribution >= 0.6 is 12.6 Å². The van der Waals surface area contributed by atoms with Crippen molar-refractivity contribution >= 4 is 21.4 Å². The first-order valence-electron chi connectivity index (χ1n) is 13.3. The van der Waals surface area contributed by atoms with Gasteiger partial charge in [-0.3, -0.25) is 0 Å². The third-order valence-electron chi connectivity index (χ3n) is 5.73. The Hall–Kier alpha value is 0.447. The Kier molecular flexibility index (Phi) is 24.5. The lowest BCUT2D eigenvalue weighted by atomic mass is 10.0. The second-order valence-electron chi connectivity index (χ2n) is 8.47. The number of unbranched alkanes of at least 4 members (excludes halogenated alkanes) is 16. The molecule has 0 heterocycles. The van der Waals surface area contributed by atoms with Crippen LogP contribution in [0.5, 0.6) is 0 Å². The van der Waals surface area contributed by atoms with Gasteiger partial charge in [-0.05, 0) is 39.4 Å². The molecule has 0 aliphatic carbocycles. The van der Waals surface area contributed by atoms with Gasteiger partial charge in [-0.2, -0.15) is 12.6 Å². The lowest BCUT2D eigenvalue weighted by molar-refractivity contribution is 0.0706. The van der Waals surface area contributed by atoms with Crippen molar-refractivity contribution in [2.45, 2.75) is 136 Å². The van der Waals surface area contributed by atoms with Crippen molar-refractivity contribution < 1.29 is 13.3 Å². The molecular weight excluding hydrogens is 408 g/mol. The van der Waals surface area contributed by atoms with E-state index in [-0.39, 0.29) is 0 Å². The summed E-state index contributed by atoms with van der Waals surface area (Å²) in [5.74, 6) is 1.06. The zero-order chi connectivity index (χ0) is 22.2. The van der Waals surface area contributed by atoms with Crippen LogP contribution in [-0.2, 0) is 13.3 Å². The summed E-state index contributed by atoms with van der Waals surface area (Å²) in [6.07, 6.45) is 23.6. The topological polar surface area (TPSA) is 27.7 Å². The van der Waals surface area contributed by atoms with Crippen LogP contribution in [0.15, 0.2) is 0 Å². The van der Waals surface area contributed by atoms with Gasteiger partial charge < -0.3 is 13.3 Å². The highest BCUT2D eigenvalue weighted by Crippen LogP contribution is 2.21. The van der Waals surface area contributed by atoms with Crippen LogP contribution in [0.2, 0.25) is 6.04 Å². The van der Waals surface area contributed by atoms with Gasteiger partial charge in [0.2, 0.25) is 0 Å². The van der Waals surface area contributed by atoms with E-state index in [1.807, 2.05) is 20.8 Å². The second-order valence-corrected chi connectivity index (χ2v) is 11.6. The maximum absolute atomic E-state index is 5.94. The van der Waals surface area contributed by atoms with Gasteiger partial charge in [0, 0.05) is 25.9 Å². The van der Waals surface area contributed by atoms with Crippen LogP contribution in [0.3, 0.4) is 0 Å². The molecule has 0 saturated carbocycles. The summed E-state index contributed by atoms with van der Waals surface area (Å²) in [5.41, 5.74) is 0. The summed E-state index contributed by atoms with van der Waals surface area (Å²) >= 11 is 4.27. The largest absolute Gasteiger partial charge is 0.500 e. The highest BCUT2D eigenvalue weighted by Gasteiger charge is 2.39. The first-order chi connectivity index (χ1) is 14.7. The molecule has 0 aromatic rings. The van der Waals surface area contributed by atoms with Crippen molar-refractivity contribution in [1.82, 2.24) is 0 Å². The SMILES string of the molecule is CCO[Si](CCCCCCCCCCCCCCCCCCCS)(OCC)OCC. The highest BCUT2D eigenvalue weighted by atomic mass is 32.1. The van der Waals surface area contributed by atoms with Gasteiger partial charge in [0.15, 0.2) is 0 Å². The quantitative estimate of drug-likeness (QED) is 0.0836. The molecule has 0 radical (unpaired) electrons. The number of hydrogen-bond donors (Lipinski definition) is 1. The average Bonchev–Trinajstić information content (AvgIpc) is 2.73. The van der Waals surface area contributed by atoms with E-state index in [1.54, 1.807) is 0 Å². The normalized spacial score (nSPS) is 12.0. The fourth-order valence-electron chi connectivity index (χ4n) is 4.11. The summed E-state index contributed by atoms with van der Waals surface area (Å²) in [5, 5.41) is 0. The number of hydrogen-bond acceptors (Lipinski definition) is 4. The van der Waals surface area contributed by atoms with Crippen LogP contribution in [0, 0.1) is 0 Å². The van der Waals surface area contributed by atoms with Crippen LogP contribution in [0.4, 0.5) is 0 Å². The molecule has 30 heavy (non-hydrogen) atoms. The molecule has 5 heteroatoms. The Labute approximate surface area is 196 Å². The standard InChI is InChI=1S/C25H54O3SSi/c1-4-26-30(27-5-2,28-6-3)25-23-21-19-17-15-13-11-9-7-8-10-12-14-16-18-20-22-24-29/h29H,4-25H2,1-3H3. The van der Waals surface area contributed by atoms with E-state index in [0.29, 0.717) is 19.8 Å². The third-order valence-corrected chi connectivity index (χ3v) is 9.20. The molecule has 0 aromatic heterocycles. The molecule has 0 unspecified atom stereocenters. The molecule has 0 aromatic carbocycles. The van der Waals surface area contributed by atoms with Gasteiger partial charge in [0.05, 0.1) is 0 Å². The van der Waals surface area contributed by atoms with E-state index < -0.39 is 8.80 Å². The van der Waals surface area contributed by atoms with E-state index >= 15 is 0 Å². The molecule has 0 fully saturated rings. The minimum atomic E-state index is -2.41. The van der Waals surface area contributed by atoms with Gasteiger partial charge in [-0.25, -0.2) is 0 Å². The molecule has 0 aliphatic rings. The summed E-state index contributed by atoms with van der Waals surface area (Å²) in [4.78, 5) is 0. The zero-order valence-electron chi connectivity index (χ0n) is 20.7. The predicted octanol–water partition coefficient (Wildman–Crippen LogP) is 8.60. The maximum atomic E-state index is 5.94. The van der Waals surface area contributed by atoms with Gasteiger partial charge in [-0.1, -0.05) is 96.3 Å². The predicted molar refractivity (Wildman–Crippen MR) is 138 cm³/mol. The maximum Gasteiger partial charge on any atom is 0.500 e. The molecule has 0 bridgehead atoms. The molecule has 0 N–H and O–H groups in total. The molecule has 3 nitrogen and oxygen atoms in total. The van der Waals surface area contributed by atoms with E-state index in [1.165, 1.54) is 109 Å². The minimum absolute atomic E-state index is 0.683. The van der Waals surface area contributed by atoms with E-state index in [2.05, 4.69) is 12.6 Å². The molecule has 0 aliphatic heterocycles. The molecule has 182 valence electrons. The van der Waals surface area contributed by atoms with Crippen LogP contribution in [0.25, 0.3) is 0 Å². The molecule has 0 atom stereocenters.